The summed E-state index contributed by atoms with van der Waals surface area (Å²) >= 11 is 6.21. The molecule has 1 saturated heterocycles. The molecule has 1 aromatic heterocycles. The van der Waals surface area contributed by atoms with E-state index >= 15 is 0 Å². The molecule has 0 radical (unpaired) electrons. The van der Waals surface area contributed by atoms with Crippen LogP contribution in [0.3, 0.4) is 0 Å². The first kappa shape index (κ1) is 18.2. The van der Waals surface area contributed by atoms with Crippen LogP contribution in [0.4, 0.5) is 5.82 Å². The number of amides is 1. The Hall–Kier alpha value is -2.14. The molecular weight excluding hydrogens is 360 g/mol. The molecule has 1 aromatic carbocycles. The van der Waals surface area contributed by atoms with Crippen molar-refractivity contribution in [2.45, 2.75) is 38.0 Å². The Kier molecular flexibility index (Phi) is 4.81. The molecule has 27 heavy (non-hydrogen) atoms. The highest BCUT2D eigenvalue weighted by molar-refractivity contribution is 6.29. The molecular formula is C21H25ClN4O. The monoisotopic (exact) mass is 384 g/mol. The van der Waals surface area contributed by atoms with Crippen LogP contribution >= 0.6 is 11.6 Å². The molecule has 6 heteroatoms. The van der Waals surface area contributed by atoms with Crippen molar-refractivity contribution in [2.75, 3.05) is 31.1 Å². The number of piperazine rings is 1. The van der Waals surface area contributed by atoms with Crippen LogP contribution in [0.15, 0.2) is 36.4 Å². The molecule has 2 aromatic rings. The zero-order valence-electron chi connectivity index (χ0n) is 15.9. The molecule has 2 aliphatic rings. The van der Waals surface area contributed by atoms with E-state index in [9.17, 15) is 4.79 Å². The summed E-state index contributed by atoms with van der Waals surface area (Å²) in [7, 11) is 0. The van der Waals surface area contributed by atoms with Crippen LogP contribution < -0.4 is 4.90 Å². The summed E-state index contributed by atoms with van der Waals surface area (Å²) in [6, 6.07) is 11.8. The van der Waals surface area contributed by atoms with Crippen LogP contribution in [0.5, 0.6) is 0 Å². The highest BCUT2D eigenvalue weighted by Gasteiger charge is 2.35. The smallest absolute Gasteiger partial charge is 0.232 e. The van der Waals surface area contributed by atoms with Crippen LogP contribution in [0.1, 0.15) is 44.0 Å². The van der Waals surface area contributed by atoms with Gasteiger partial charge in [-0.1, -0.05) is 41.9 Å². The number of aromatic nitrogens is 2. The summed E-state index contributed by atoms with van der Waals surface area (Å²) in [6.45, 7) is 6.90. The number of hydrogen-bond donors (Lipinski definition) is 0. The van der Waals surface area contributed by atoms with Crippen molar-refractivity contribution in [3.63, 3.8) is 0 Å². The normalized spacial score (nSPS) is 17.9. The van der Waals surface area contributed by atoms with Crippen LogP contribution in [0.2, 0.25) is 5.15 Å². The Morgan fingerprint density at radius 1 is 1.07 bits per heavy atom. The summed E-state index contributed by atoms with van der Waals surface area (Å²) in [5.74, 6) is 2.39. The van der Waals surface area contributed by atoms with Crippen molar-refractivity contribution in [3.8, 4) is 0 Å². The van der Waals surface area contributed by atoms with Gasteiger partial charge in [0.15, 0.2) is 0 Å². The third-order valence-corrected chi connectivity index (χ3v) is 5.76. The summed E-state index contributed by atoms with van der Waals surface area (Å²) in [4.78, 5) is 26.4. The van der Waals surface area contributed by atoms with Crippen molar-refractivity contribution >= 4 is 23.3 Å². The molecule has 1 saturated carbocycles. The molecule has 2 fully saturated rings. The van der Waals surface area contributed by atoms with Crippen molar-refractivity contribution in [1.82, 2.24) is 14.9 Å². The predicted octanol–water partition coefficient (Wildman–Crippen LogP) is 3.63. The standard InChI is InChI=1S/C21H25ClN4O/c1-21(2,16-6-4-3-5-7-16)20(27)26-12-10-25(11-13-26)18-14-17(22)23-19(24-18)15-8-9-15/h3-7,14-15H,8-13H2,1-2H3. The maximum absolute atomic E-state index is 13.1. The lowest BCUT2D eigenvalue weighted by atomic mass is 9.83. The second kappa shape index (κ2) is 7.12. The summed E-state index contributed by atoms with van der Waals surface area (Å²) < 4.78 is 0. The molecule has 4 rings (SSSR count). The van der Waals surface area contributed by atoms with Gasteiger partial charge in [0.2, 0.25) is 5.91 Å². The fourth-order valence-electron chi connectivity index (χ4n) is 3.62. The third kappa shape index (κ3) is 3.79. The number of hydrogen-bond acceptors (Lipinski definition) is 4. The quantitative estimate of drug-likeness (QED) is 0.755. The summed E-state index contributed by atoms with van der Waals surface area (Å²) in [5, 5.41) is 0.505. The van der Waals surface area contributed by atoms with Gasteiger partial charge in [0.1, 0.15) is 16.8 Å². The molecule has 1 aliphatic heterocycles. The number of anilines is 1. The number of rotatable bonds is 4. The largest absolute Gasteiger partial charge is 0.353 e. The number of nitrogens with zero attached hydrogens (tertiary/aromatic N) is 4. The molecule has 0 atom stereocenters. The van der Waals surface area contributed by atoms with Gasteiger partial charge in [-0.3, -0.25) is 4.79 Å². The van der Waals surface area contributed by atoms with Crippen molar-refractivity contribution in [3.05, 3.63) is 52.9 Å². The molecule has 0 bridgehead atoms. The zero-order chi connectivity index (χ0) is 19.0. The first-order chi connectivity index (χ1) is 12.9. The van der Waals surface area contributed by atoms with E-state index in [-0.39, 0.29) is 5.91 Å². The first-order valence-corrected chi connectivity index (χ1v) is 9.97. The minimum absolute atomic E-state index is 0.174. The minimum atomic E-state index is -0.527. The van der Waals surface area contributed by atoms with E-state index in [1.54, 1.807) is 0 Å². The number of carbonyl (C=O) groups excluding carboxylic acids is 1. The van der Waals surface area contributed by atoms with Gasteiger partial charge in [-0.05, 0) is 32.3 Å². The predicted molar refractivity (Wildman–Crippen MR) is 107 cm³/mol. The highest BCUT2D eigenvalue weighted by Crippen LogP contribution is 2.39. The van der Waals surface area contributed by atoms with E-state index in [0.717, 1.165) is 43.1 Å². The van der Waals surface area contributed by atoms with Crippen LogP contribution in [-0.4, -0.2) is 47.0 Å². The molecule has 1 amide bonds. The summed E-state index contributed by atoms with van der Waals surface area (Å²) in [6.07, 6.45) is 2.30. The Morgan fingerprint density at radius 2 is 1.74 bits per heavy atom. The molecule has 2 heterocycles. The lowest BCUT2D eigenvalue weighted by molar-refractivity contribution is -0.136. The fourth-order valence-corrected chi connectivity index (χ4v) is 3.81. The number of halogens is 1. The van der Waals surface area contributed by atoms with E-state index < -0.39 is 5.41 Å². The Morgan fingerprint density at radius 3 is 2.37 bits per heavy atom. The molecule has 0 spiro atoms. The lowest BCUT2D eigenvalue weighted by Gasteiger charge is -2.39. The molecule has 5 nitrogen and oxygen atoms in total. The van der Waals surface area contributed by atoms with Gasteiger partial charge >= 0.3 is 0 Å². The molecule has 0 N–H and O–H groups in total. The van der Waals surface area contributed by atoms with Gasteiger partial charge in [-0.2, -0.15) is 0 Å². The van der Waals surface area contributed by atoms with Gasteiger partial charge in [-0.15, -0.1) is 0 Å². The van der Waals surface area contributed by atoms with Crippen LogP contribution in [-0.2, 0) is 10.2 Å². The molecule has 142 valence electrons. The fraction of sp³-hybridized carbons (Fsp3) is 0.476. The van der Waals surface area contributed by atoms with Gasteiger partial charge < -0.3 is 9.80 Å². The highest BCUT2D eigenvalue weighted by atomic mass is 35.5. The first-order valence-electron chi connectivity index (χ1n) is 9.59. The number of carbonyl (C=O) groups is 1. The Bertz CT molecular complexity index is 827. The minimum Gasteiger partial charge on any atom is -0.353 e. The van der Waals surface area contributed by atoms with E-state index in [4.69, 9.17) is 16.6 Å². The van der Waals surface area contributed by atoms with Crippen molar-refractivity contribution in [1.29, 1.82) is 0 Å². The summed E-state index contributed by atoms with van der Waals surface area (Å²) in [5.41, 5.74) is 0.523. The molecule has 0 unspecified atom stereocenters. The van der Waals surface area contributed by atoms with E-state index in [2.05, 4.69) is 9.88 Å². The van der Waals surface area contributed by atoms with Crippen LogP contribution in [0, 0.1) is 0 Å². The SMILES string of the molecule is CC(C)(C(=O)N1CCN(c2cc(Cl)nc(C3CC3)n2)CC1)c1ccccc1. The Balaban J connectivity index is 1.44. The topological polar surface area (TPSA) is 49.3 Å². The van der Waals surface area contributed by atoms with Crippen molar-refractivity contribution in [2.24, 2.45) is 0 Å². The lowest BCUT2D eigenvalue weighted by Crippen LogP contribution is -2.53. The second-order valence-electron chi connectivity index (χ2n) is 7.95. The van der Waals surface area contributed by atoms with Crippen molar-refractivity contribution < 1.29 is 4.79 Å². The van der Waals surface area contributed by atoms with Gasteiger partial charge in [-0.25, -0.2) is 9.97 Å². The van der Waals surface area contributed by atoms with Gasteiger partial charge in [0, 0.05) is 38.2 Å². The van der Waals surface area contributed by atoms with Crippen LogP contribution in [0.25, 0.3) is 0 Å². The zero-order valence-corrected chi connectivity index (χ0v) is 16.6. The van der Waals surface area contributed by atoms with Gasteiger partial charge in [0.05, 0.1) is 5.41 Å². The van der Waals surface area contributed by atoms with Gasteiger partial charge in [0.25, 0.3) is 0 Å². The average Bonchev–Trinajstić information content (AvgIpc) is 3.53. The van der Waals surface area contributed by atoms with E-state index in [1.807, 2.05) is 55.1 Å². The Labute approximate surface area is 165 Å². The maximum Gasteiger partial charge on any atom is 0.232 e. The maximum atomic E-state index is 13.1. The third-order valence-electron chi connectivity index (χ3n) is 5.56. The number of benzene rings is 1. The van der Waals surface area contributed by atoms with E-state index in [0.29, 0.717) is 24.2 Å². The second-order valence-corrected chi connectivity index (χ2v) is 8.34. The molecule has 1 aliphatic carbocycles. The average molecular weight is 385 g/mol. The van der Waals surface area contributed by atoms with E-state index in [1.165, 1.54) is 0 Å².